The first-order valence-corrected chi connectivity index (χ1v) is 8.49. The molecule has 0 saturated carbocycles. The standard InChI is InChI=1S/C17H24N4O4/c1-16(2,3)14-17(11-20(14)15(22)23)6-8-19(9-7-17)12-4-5-13(18-10-12)21(24)25/h4-5,10,14H,6-9,11H2,1-3H3,(H,22,23). The predicted molar refractivity (Wildman–Crippen MR) is 92.7 cm³/mol. The van der Waals surface area contributed by atoms with Crippen LogP contribution in [0.3, 0.4) is 0 Å². The van der Waals surface area contributed by atoms with Crippen molar-refractivity contribution in [3.63, 3.8) is 0 Å². The van der Waals surface area contributed by atoms with Gasteiger partial charge in [0.1, 0.15) is 0 Å². The highest BCUT2D eigenvalue weighted by Gasteiger charge is 2.59. The number of likely N-dealkylation sites (tertiary alicyclic amines) is 1. The van der Waals surface area contributed by atoms with Gasteiger partial charge in [-0.2, -0.15) is 0 Å². The second kappa shape index (κ2) is 5.86. The van der Waals surface area contributed by atoms with Gasteiger partial charge in [-0.05, 0) is 34.2 Å². The molecule has 1 atom stereocenters. The summed E-state index contributed by atoms with van der Waals surface area (Å²) in [5, 5.41) is 20.1. The van der Waals surface area contributed by atoms with Crippen LogP contribution in [0.4, 0.5) is 16.3 Å². The van der Waals surface area contributed by atoms with Crippen LogP contribution in [-0.2, 0) is 0 Å². The van der Waals surface area contributed by atoms with E-state index in [0.29, 0.717) is 6.54 Å². The molecule has 1 unspecified atom stereocenters. The van der Waals surface area contributed by atoms with E-state index in [1.165, 1.54) is 6.07 Å². The Labute approximate surface area is 146 Å². The van der Waals surface area contributed by atoms with Crippen molar-refractivity contribution >= 4 is 17.6 Å². The maximum atomic E-state index is 11.5. The van der Waals surface area contributed by atoms with Crippen LogP contribution in [0, 0.1) is 20.9 Å². The van der Waals surface area contributed by atoms with Crippen molar-refractivity contribution in [2.24, 2.45) is 10.8 Å². The molecule has 2 fully saturated rings. The summed E-state index contributed by atoms with van der Waals surface area (Å²) in [4.78, 5) is 29.3. The predicted octanol–water partition coefficient (Wildman–Crippen LogP) is 2.98. The fourth-order valence-electron chi connectivity index (χ4n) is 4.61. The first-order valence-electron chi connectivity index (χ1n) is 8.49. The molecule has 2 aliphatic rings. The van der Waals surface area contributed by atoms with Crippen molar-refractivity contribution in [1.29, 1.82) is 0 Å². The number of amides is 1. The number of hydrogen-bond donors (Lipinski definition) is 1. The summed E-state index contributed by atoms with van der Waals surface area (Å²) in [6, 6.07) is 3.18. The SMILES string of the molecule is CC(C)(C)C1N(C(=O)O)CC12CCN(c1ccc([N+](=O)[O-])nc1)CC2. The summed E-state index contributed by atoms with van der Waals surface area (Å²) in [7, 11) is 0. The van der Waals surface area contributed by atoms with Gasteiger partial charge in [0.15, 0.2) is 6.20 Å². The average Bonchev–Trinajstić information content (AvgIpc) is 2.51. The molecule has 136 valence electrons. The van der Waals surface area contributed by atoms with Crippen LogP contribution < -0.4 is 4.90 Å². The summed E-state index contributed by atoms with van der Waals surface area (Å²) in [5.41, 5.74) is 0.803. The van der Waals surface area contributed by atoms with Crippen LogP contribution in [0.25, 0.3) is 0 Å². The Bertz CT molecular complexity index is 675. The normalized spacial score (nSPS) is 22.6. The zero-order chi connectivity index (χ0) is 18.4. The number of anilines is 1. The molecule has 1 N–H and O–H groups in total. The molecule has 8 heteroatoms. The molecule has 2 saturated heterocycles. The zero-order valence-electron chi connectivity index (χ0n) is 14.8. The Morgan fingerprint density at radius 3 is 2.44 bits per heavy atom. The van der Waals surface area contributed by atoms with Gasteiger partial charge in [-0.25, -0.2) is 4.79 Å². The fourth-order valence-corrected chi connectivity index (χ4v) is 4.61. The lowest BCUT2D eigenvalue weighted by Crippen LogP contribution is -2.72. The second-order valence-electron chi connectivity index (χ2n) is 8.16. The van der Waals surface area contributed by atoms with Gasteiger partial charge in [0.2, 0.25) is 0 Å². The van der Waals surface area contributed by atoms with Crippen molar-refractivity contribution in [3.8, 4) is 0 Å². The van der Waals surface area contributed by atoms with Gasteiger partial charge >= 0.3 is 11.9 Å². The molecule has 1 aromatic rings. The van der Waals surface area contributed by atoms with Crippen LogP contribution in [0.15, 0.2) is 18.3 Å². The van der Waals surface area contributed by atoms with Gasteiger partial charge in [0, 0.05) is 37.2 Å². The third-order valence-electron chi connectivity index (χ3n) is 5.49. The highest BCUT2D eigenvalue weighted by atomic mass is 16.6. The number of carboxylic acid groups (broad SMARTS) is 1. The molecular formula is C17H24N4O4. The largest absolute Gasteiger partial charge is 0.465 e. The Hall–Kier alpha value is -2.38. The highest BCUT2D eigenvalue weighted by Crippen LogP contribution is 2.53. The lowest BCUT2D eigenvalue weighted by Gasteiger charge is -2.63. The maximum Gasteiger partial charge on any atom is 0.407 e. The summed E-state index contributed by atoms with van der Waals surface area (Å²) in [5.74, 6) is -0.152. The van der Waals surface area contributed by atoms with E-state index in [2.05, 4.69) is 30.7 Å². The van der Waals surface area contributed by atoms with E-state index in [9.17, 15) is 20.0 Å². The molecule has 8 nitrogen and oxygen atoms in total. The zero-order valence-corrected chi connectivity index (χ0v) is 14.8. The van der Waals surface area contributed by atoms with Crippen LogP contribution in [-0.4, -0.2) is 51.7 Å². The Morgan fingerprint density at radius 1 is 1.36 bits per heavy atom. The van der Waals surface area contributed by atoms with E-state index in [1.54, 1.807) is 17.2 Å². The van der Waals surface area contributed by atoms with E-state index in [4.69, 9.17) is 0 Å². The molecule has 1 aromatic heterocycles. The number of pyridine rings is 1. The van der Waals surface area contributed by atoms with Gasteiger partial charge in [0.25, 0.3) is 0 Å². The topological polar surface area (TPSA) is 99.8 Å². The Morgan fingerprint density at radius 2 is 2.00 bits per heavy atom. The highest BCUT2D eigenvalue weighted by molar-refractivity contribution is 5.67. The van der Waals surface area contributed by atoms with E-state index in [-0.39, 0.29) is 22.7 Å². The molecule has 1 amide bonds. The summed E-state index contributed by atoms with van der Waals surface area (Å²) in [6.07, 6.45) is 2.53. The molecule has 3 heterocycles. The molecular weight excluding hydrogens is 324 g/mol. The first kappa shape index (κ1) is 17.4. The van der Waals surface area contributed by atoms with Gasteiger partial charge in [-0.1, -0.05) is 20.8 Å². The van der Waals surface area contributed by atoms with Gasteiger partial charge < -0.3 is 25.0 Å². The molecule has 0 aromatic carbocycles. The van der Waals surface area contributed by atoms with Crippen molar-refractivity contribution in [2.75, 3.05) is 24.5 Å². The third kappa shape index (κ3) is 3.01. The van der Waals surface area contributed by atoms with Crippen molar-refractivity contribution in [1.82, 2.24) is 9.88 Å². The quantitative estimate of drug-likeness (QED) is 0.651. The minimum absolute atomic E-state index is 0.0228. The summed E-state index contributed by atoms with van der Waals surface area (Å²) >= 11 is 0. The number of rotatable bonds is 2. The number of carbonyl (C=O) groups is 1. The molecule has 0 aliphatic carbocycles. The van der Waals surface area contributed by atoms with E-state index < -0.39 is 11.0 Å². The van der Waals surface area contributed by atoms with Gasteiger partial charge in [-0.3, -0.25) is 0 Å². The summed E-state index contributed by atoms with van der Waals surface area (Å²) < 4.78 is 0. The average molecular weight is 348 g/mol. The first-order chi connectivity index (χ1) is 11.6. The Kier molecular flexibility index (Phi) is 4.09. The number of piperidine rings is 1. The molecule has 0 radical (unpaired) electrons. The molecule has 0 bridgehead atoms. The minimum Gasteiger partial charge on any atom is -0.465 e. The maximum absolute atomic E-state index is 11.5. The monoisotopic (exact) mass is 348 g/mol. The third-order valence-corrected chi connectivity index (χ3v) is 5.49. The smallest absolute Gasteiger partial charge is 0.407 e. The minimum atomic E-state index is -0.840. The number of aromatic nitrogens is 1. The van der Waals surface area contributed by atoms with E-state index >= 15 is 0 Å². The van der Waals surface area contributed by atoms with Crippen LogP contribution in [0.1, 0.15) is 33.6 Å². The molecule has 2 aliphatic heterocycles. The fraction of sp³-hybridized carbons (Fsp3) is 0.647. The Balaban J connectivity index is 1.71. The molecule has 25 heavy (non-hydrogen) atoms. The van der Waals surface area contributed by atoms with Crippen LogP contribution in [0.5, 0.6) is 0 Å². The molecule has 1 spiro atoms. The van der Waals surface area contributed by atoms with E-state index in [1.807, 2.05) is 0 Å². The number of nitrogens with zero attached hydrogens (tertiary/aromatic N) is 4. The second-order valence-corrected chi connectivity index (χ2v) is 8.16. The number of nitro groups is 1. The van der Waals surface area contributed by atoms with Crippen molar-refractivity contribution in [2.45, 2.75) is 39.7 Å². The van der Waals surface area contributed by atoms with Crippen LogP contribution in [0.2, 0.25) is 0 Å². The molecule has 3 rings (SSSR count). The van der Waals surface area contributed by atoms with Crippen molar-refractivity contribution in [3.05, 3.63) is 28.4 Å². The van der Waals surface area contributed by atoms with Crippen molar-refractivity contribution < 1.29 is 14.8 Å². The summed E-state index contributed by atoms with van der Waals surface area (Å²) in [6.45, 7) is 8.50. The van der Waals surface area contributed by atoms with Gasteiger partial charge in [-0.15, -0.1) is 0 Å². The van der Waals surface area contributed by atoms with E-state index in [0.717, 1.165) is 31.6 Å². The number of hydrogen-bond acceptors (Lipinski definition) is 5. The van der Waals surface area contributed by atoms with Crippen LogP contribution >= 0.6 is 0 Å². The van der Waals surface area contributed by atoms with Gasteiger partial charge in [0.05, 0.1) is 5.69 Å². The lowest BCUT2D eigenvalue weighted by atomic mass is 9.58. The lowest BCUT2D eigenvalue weighted by molar-refractivity contribution is -0.389.